The van der Waals surface area contributed by atoms with E-state index in [1.165, 1.54) is 133 Å². The molecular weight excluding hydrogens is 1390 g/mol. The van der Waals surface area contributed by atoms with Crippen LogP contribution < -0.4 is 24.4 Å². The van der Waals surface area contributed by atoms with Gasteiger partial charge in [-0.2, -0.15) is 33.6 Å². The fraction of sp³-hybridized carbons (Fsp3) is 0.598. The fourth-order valence-corrected chi connectivity index (χ4v) is 14.8. The van der Waals surface area contributed by atoms with Crippen molar-refractivity contribution >= 4 is 5.82 Å². The molecule has 4 fully saturated rings. The lowest BCUT2D eigenvalue weighted by molar-refractivity contribution is -0.137. The minimum Gasteiger partial charge on any atom is -0.491 e. The van der Waals surface area contributed by atoms with E-state index in [2.05, 4.69) is 142 Å². The number of halogens is 3. The Morgan fingerprint density at radius 2 is 1.05 bits per heavy atom. The van der Waals surface area contributed by atoms with Gasteiger partial charge in [0.2, 0.25) is 0 Å². The zero-order chi connectivity index (χ0) is 74.9. The Morgan fingerprint density at radius 1 is 0.536 bits per heavy atom. The number of ether oxygens (including phenoxy) is 5. The van der Waals surface area contributed by atoms with Crippen molar-refractivity contribution in [3.8, 4) is 51.0 Å². The molecule has 5 aromatic heterocycles. The van der Waals surface area contributed by atoms with Crippen LogP contribution >= 0.6 is 0 Å². The number of hydrogen-bond acceptors (Lipinski definition) is 16. The summed E-state index contributed by atoms with van der Waals surface area (Å²) in [4.78, 5) is 16.5. The van der Waals surface area contributed by atoms with Crippen LogP contribution in [0, 0.1) is 17.3 Å². The number of aromatic amines is 3. The first-order chi connectivity index (χ1) is 51.6. The van der Waals surface area contributed by atoms with Crippen molar-refractivity contribution in [3.05, 3.63) is 150 Å². The predicted molar refractivity (Wildman–Crippen MR) is 445 cm³/mol. The maximum atomic E-state index is 13.4. The van der Waals surface area contributed by atoms with Crippen molar-refractivity contribution in [1.29, 1.82) is 0 Å². The van der Waals surface area contributed by atoms with Gasteiger partial charge in [0.15, 0.2) is 0 Å². The van der Waals surface area contributed by atoms with E-state index >= 15 is 0 Å². The summed E-state index contributed by atoms with van der Waals surface area (Å²) in [5.41, 5.74) is 9.85. The van der Waals surface area contributed by atoms with E-state index in [0.717, 1.165) is 135 Å². The van der Waals surface area contributed by atoms with E-state index < -0.39 is 11.7 Å². The molecule has 4 N–H and O–H groups in total. The van der Waals surface area contributed by atoms with E-state index in [-0.39, 0.29) is 42.1 Å². The van der Waals surface area contributed by atoms with E-state index in [1.807, 2.05) is 88.3 Å². The molecule has 2 saturated heterocycles. The first-order valence-electron chi connectivity index (χ1n) is 39.2. The van der Waals surface area contributed by atoms with Gasteiger partial charge in [0.25, 0.3) is 0 Å². The second-order valence-electron chi connectivity index (χ2n) is 29.5. The molecule has 0 amide bonds. The smallest absolute Gasteiger partial charge is 0.416 e. The first-order valence-corrected chi connectivity index (χ1v) is 39.2. The summed E-state index contributed by atoms with van der Waals surface area (Å²) in [6, 6.07) is 28.8. The van der Waals surface area contributed by atoms with Crippen molar-refractivity contribution < 1.29 is 36.9 Å². The molecule has 2 unspecified atom stereocenters. The maximum absolute atomic E-state index is 13.4. The molecule has 0 radical (unpaired) electrons. The summed E-state index contributed by atoms with van der Waals surface area (Å²) in [6.45, 7) is 23.5. The Bertz CT molecular complexity index is 3690. The van der Waals surface area contributed by atoms with Crippen LogP contribution in [0.3, 0.4) is 0 Å². The van der Waals surface area contributed by atoms with Gasteiger partial charge in [0.05, 0.1) is 59.6 Å². The molecule has 0 bridgehead atoms. The maximum Gasteiger partial charge on any atom is 0.416 e. The van der Waals surface area contributed by atoms with Crippen LogP contribution in [0.5, 0.6) is 17.2 Å². The Morgan fingerprint density at radius 3 is 1.57 bits per heavy atom. The molecule has 3 aromatic carbocycles. The van der Waals surface area contributed by atoms with Crippen LogP contribution in [0.2, 0.25) is 0 Å². The number of aromatic nitrogens is 9. The van der Waals surface area contributed by atoms with E-state index in [4.69, 9.17) is 28.7 Å². The summed E-state index contributed by atoms with van der Waals surface area (Å²) in [6.07, 6.45) is 25.4. The average molecular weight is 1530 g/mol. The summed E-state index contributed by atoms with van der Waals surface area (Å²) >= 11 is 0. The van der Waals surface area contributed by atoms with Gasteiger partial charge >= 0.3 is 6.18 Å². The summed E-state index contributed by atoms with van der Waals surface area (Å²) < 4.78 is 70.4. The van der Waals surface area contributed by atoms with Crippen molar-refractivity contribution in [2.75, 3.05) is 132 Å². The van der Waals surface area contributed by atoms with Crippen LogP contribution in [0.25, 0.3) is 33.8 Å². The Balaban J connectivity index is 0.000000260. The Kier molecular flexibility index (Phi) is 41.4. The van der Waals surface area contributed by atoms with Crippen LogP contribution in [0.4, 0.5) is 19.0 Å². The van der Waals surface area contributed by atoms with Crippen LogP contribution in [0.15, 0.2) is 122 Å². The number of nitrogens with one attached hydrogen (secondary N) is 4. The van der Waals surface area contributed by atoms with Gasteiger partial charge in [-0.05, 0) is 222 Å². The molecule has 2 aliphatic carbocycles. The zero-order valence-corrected chi connectivity index (χ0v) is 64.9. The molecule has 612 valence electrons. The van der Waals surface area contributed by atoms with Gasteiger partial charge in [0.1, 0.15) is 42.9 Å². The van der Waals surface area contributed by atoms with Gasteiger partial charge in [-0.15, -0.1) is 0 Å². The lowest BCUT2D eigenvalue weighted by atomic mass is 9.68. The SMILES string of the molecule is C.C.C.C.CCCCN(C)Cc1ccnn1C1CCC2(CCOCC2)CC1.CCCCN(C)Cc1cn[nH]c1-c1ccc(N2CC3CCCC3C2)nc1.CCCCN(C)Cc1cn[nH]c1-c1ccc(OCCOc2ccccc2)cc1.CCCOCCOc1cc(-c2[nH]ncc2CN(C)CCNC)cc(C(F)(F)F)c1. The Labute approximate surface area is 658 Å². The van der Waals surface area contributed by atoms with Crippen molar-refractivity contribution in [2.24, 2.45) is 17.3 Å². The highest BCUT2D eigenvalue weighted by molar-refractivity contribution is 5.67. The zero-order valence-electron chi connectivity index (χ0n) is 64.9. The lowest BCUT2D eigenvalue weighted by Crippen LogP contribution is -2.35. The second kappa shape index (κ2) is 49.0. The van der Waals surface area contributed by atoms with Crippen LogP contribution in [-0.2, 0) is 41.8 Å². The third kappa shape index (κ3) is 29.2. The van der Waals surface area contributed by atoms with Gasteiger partial charge < -0.3 is 53.5 Å². The molecule has 2 saturated carbocycles. The van der Waals surface area contributed by atoms with Gasteiger partial charge in [-0.1, -0.05) is 101 Å². The number of anilines is 1. The van der Waals surface area contributed by atoms with E-state index in [0.29, 0.717) is 55.7 Å². The topological polar surface area (TPSA) is 191 Å². The molecule has 12 rings (SSSR count). The lowest BCUT2D eigenvalue weighted by Gasteiger charge is -2.43. The number of fused-ring (bicyclic) bond motifs is 1. The number of likely N-dealkylation sites (N-methyl/N-ethyl adjacent to an activating group) is 2. The normalized spacial score (nSPS) is 15.8. The monoisotopic (exact) mass is 1530 g/mol. The van der Waals surface area contributed by atoms with Gasteiger partial charge in [-0.25, -0.2) is 4.98 Å². The fourth-order valence-electron chi connectivity index (χ4n) is 14.8. The number of benzene rings is 3. The number of pyridine rings is 1. The Hall–Kier alpha value is -7.64. The first kappa shape index (κ1) is 93.0. The van der Waals surface area contributed by atoms with E-state index in [1.54, 1.807) is 12.3 Å². The largest absolute Gasteiger partial charge is 0.491 e. The van der Waals surface area contributed by atoms with Crippen molar-refractivity contribution in [1.82, 2.24) is 70.3 Å². The number of unbranched alkanes of at least 4 members (excludes halogenated alkanes) is 3. The van der Waals surface area contributed by atoms with Crippen LogP contribution in [0.1, 0.15) is 194 Å². The summed E-state index contributed by atoms with van der Waals surface area (Å²) in [5.74, 6) is 4.77. The highest BCUT2D eigenvalue weighted by atomic mass is 19.4. The molecule has 110 heavy (non-hydrogen) atoms. The number of para-hydroxylation sites is 1. The second-order valence-corrected chi connectivity index (χ2v) is 29.5. The van der Waals surface area contributed by atoms with E-state index in [9.17, 15) is 13.2 Å². The third-order valence-corrected chi connectivity index (χ3v) is 21.0. The number of alkyl halides is 3. The number of hydrogen-bond donors (Lipinski definition) is 4. The molecule has 8 aromatic rings. The molecule has 4 aliphatic rings. The highest BCUT2D eigenvalue weighted by Gasteiger charge is 2.39. The summed E-state index contributed by atoms with van der Waals surface area (Å²) in [7, 11) is 10.4. The molecular formula is C87H138F3N15O5. The standard InChI is InChI=1S/C23H29N3O2.C21H31N5.C20H29F3N4O2.C19H33N3O.4CH4/c1-3-4-14-26(2)18-20-17-24-25-23(20)19-10-12-22(13-11-19)28-16-15-27-21-8-6-5-7-9-21;1-3-4-10-25(2)13-19-12-23-24-21(19)16-8-9-20(22-11-16)26-14-17-6-5-7-18(17)15-26;1-4-7-28-8-9-29-18-11-15(10-17(12-18)20(21,22)23)19-16(13-25-26-19)14-27(3)6-5-24-2;1-3-4-13-21(2)16-18-7-12-20-22(18)17-5-8-19(9-6-17)10-14-23-15-11-19;;;;/h5-13,17H,3-4,14-16,18H2,1-2H3,(H,24,25);8-9,11-12,17-18H,3-7,10,13-15H2,1-2H3,(H,23,24);10-13,24H,4-9,14H2,1-3H3,(H,25,26);7,12,17H,3-6,8-11,13-16H2,1-2H3;4*1H4. The van der Waals surface area contributed by atoms with Gasteiger partial charge in [-0.3, -0.25) is 20.0 Å². The minimum absolute atomic E-state index is 0. The molecule has 23 heteroatoms. The quantitative estimate of drug-likeness (QED) is 0.0271. The summed E-state index contributed by atoms with van der Waals surface area (Å²) in [5, 5.41) is 29.5. The molecule has 2 aliphatic heterocycles. The van der Waals surface area contributed by atoms with Gasteiger partial charge in [0, 0.05) is 118 Å². The van der Waals surface area contributed by atoms with Crippen molar-refractivity contribution in [2.45, 2.75) is 199 Å². The number of rotatable bonds is 36. The minimum atomic E-state index is -4.48. The molecule has 1 spiro atoms. The van der Waals surface area contributed by atoms with Crippen molar-refractivity contribution in [3.63, 3.8) is 0 Å². The molecule has 2 atom stereocenters. The molecule has 7 heterocycles. The number of nitrogens with zero attached hydrogens (tertiary/aromatic N) is 11. The third-order valence-electron chi connectivity index (χ3n) is 21.0. The highest BCUT2D eigenvalue weighted by Crippen LogP contribution is 2.47. The predicted octanol–water partition coefficient (Wildman–Crippen LogP) is 18.8. The van der Waals surface area contributed by atoms with Crippen LogP contribution in [-0.4, -0.2) is 192 Å². The average Bonchev–Trinajstić information content (AvgIpc) is 1.67. The number of H-pyrrole nitrogens is 3. The molecule has 20 nitrogen and oxygen atoms in total.